The van der Waals surface area contributed by atoms with Crippen molar-refractivity contribution in [3.63, 3.8) is 0 Å². The summed E-state index contributed by atoms with van der Waals surface area (Å²) in [6.07, 6.45) is 3.45. The first-order valence-electron chi connectivity index (χ1n) is 6.31. The Labute approximate surface area is 140 Å². The van der Waals surface area contributed by atoms with Gasteiger partial charge >= 0.3 is 6.03 Å². The van der Waals surface area contributed by atoms with E-state index >= 15 is 0 Å². The SMILES string of the molecule is Cc1cc(Br)ccc1NC(=O)N/C=C/c1ccccc1Br. The highest BCUT2D eigenvalue weighted by Gasteiger charge is 2.03. The number of hydrogen-bond acceptors (Lipinski definition) is 1. The highest BCUT2D eigenvalue weighted by Crippen LogP contribution is 2.20. The Hall–Kier alpha value is -1.59. The van der Waals surface area contributed by atoms with E-state index in [-0.39, 0.29) is 6.03 Å². The van der Waals surface area contributed by atoms with Gasteiger partial charge in [0.25, 0.3) is 0 Å². The average molecular weight is 410 g/mol. The quantitative estimate of drug-likeness (QED) is 0.708. The van der Waals surface area contributed by atoms with Crippen molar-refractivity contribution in [1.29, 1.82) is 0 Å². The molecular weight excluding hydrogens is 396 g/mol. The van der Waals surface area contributed by atoms with Crippen molar-refractivity contribution in [3.8, 4) is 0 Å². The standard InChI is InChI=1S/C16H14Br2N2O/c1-11-10-13(17)6-7-15(11)20-16(21)19-9-8-12-4-2-3-5-14(12)18/h2-10H,1H3,(H2,19,20,21)/b9-8+. The first-order valence-corrected chi connectivity index (χ1v) is 7.89. The molecule has 0 aliphatic carbocycles. The molecule has 2 N–H and O–H groups in total. The predicted octanol–water partition coefficient (Wildman–Crippen LogP) is 5.31. The van der Waals surface area contributed by atoms with Crippen molar-refractivity contribution in [2.75, 3.05) is 5.32 Å². The van der Waals surface area contributed by atoms with E-state index in [0.29, 0.717) is 0 Å². The lowest BCUT2D eigenvalue weighted by molar-refractivity contribution is 0.255. The molecule has 2 aromatic rings. The second-order valence-corrected chi connectivity index (χ2v) is 6.18. The van der Waals surface area contributed by atoms with E-state index in [2.05, 4.69) is 42.5 Å². The molecule has 2 amide bonds. The summed E-state index contributed by atoms with van der Waals surface area (Å²) in [5.74, 6) is 0. The smallest absolute Gasteiger partial charge is 0.314 e. The third-order valence-corrected chi connectivity index (χ3v) is 4.03. The largest absolute Gasteiger partial charge is 0.323 e. The maximum atomic E-state index is 11.8. The number of hydrogen-bond donors (Lipinski definition) is 2. The molecule has 2 aromatic carbocycles. The van der Waals surface area contributed by atoms with Crippen LogP contribution in [0.15, 0.2) is 57.6 Å². The fraction of sp³-hybridized carbons (Fsp3) is 0.0625. The molecule has 0 radical (unpaired) electrons. The monoisotopic (exact) mass is 408 g/mol. The second kappa shape index (κ2) is 7.43. The number of urea groups is 1. The number of amides is 2. The van der Waals surface area contributed by atoms with E-state index in [4.69, 9.17) is 0 Å². The van der Waals surface area contributed by atoms with Crippen molar-refractivity contribution < 1.29 is 4.79 Å². The fourth-order valence-corrected chi connectivity index (χ4v) is 2.64. The van der Waals surface area contributed by atoms with Gasteiger partial charge in [-0.1, -0.05) is 50.1 Å². The minimum atomic E-state index is -0.274. The molecule has 0 atom stereocenters. The van der Waals surface area contributed by atoms with Gasteiger partial charge in [-0.25, -0.2) is 4.79 Å². The predicted molar refractivity (Wildman–Crippen MR) is 94.2 cm³/mol. The van der Waals surface area contributed by atoms with E-state index in [0.717, 1.165) is 25.8 Å². The van der Waals surface area contributed by atoms with Gasteiger partial charge < -0.3 is 10.6 Å². The summed E-state index contributed by atoms with van der Waals surface area (Å²) in [6.45, 7) is 1.94. The van der Waals surface area contributed by atoms with Crippen molar-refractivity contribution in [1.82, 2.24) is 5.32 Å². The summed E-state index contributed by atoms with van der Waals surface area (Å²) in [6, 6.07) is 13.2. The van der Waals surface area contributed by atoms with Crippen molar-refractivity contribution in [3.05, 3.63) is 68.7 Å². The highest BCUT2D eigenvalue weighted by molar-refractivity contribution is 9.10. The molecule has 0 fully saturated rings. The molecule has 0 bridgehead atoms. The van der Waals surface area contributed by atoms with Crippen molar-refractivity contribution >= 4 is 49.7 Å². The third kappa shape index (κ3) is 4.72. The summed E-state index contributed by atoms with van der Waals surface area (Å²) in [5.41, 5.74) is 2.77. The number of carbonyl (C=O) groups excluding carboxylic acids is 1. The number of nitrogens with one attached hydrogen (secondary N) is 2. The Bertz CT molecular complexity index is 684. The average Bonchev–Trinajstić information content (AvgIpc) is 2.44. The first-order chi connectivity index (χ1) is 10.1. The zero-order chi connectivity index (χ0) is 15.2. The maximum absolute atomic E-state index is 11.8. The molecular formula is C16H14Br2N2O. The van der Waals surface area contributed by atoms with Gasteiger partial charge in [0.05, 0.1) is 0 Å². The summed E-state index contributed by atoms with van der Waals surface area (Å²) in [7, 11) is 0. The van der Waals surface area contributed by atoms with Crippen LogP contribution in [-0.2, 0) is 0 Å². The molecule has 0 spiro atoms. The Morgan fingerprint density at radius 2 is 1.90 bits per heavy atom. The number of carbonyl (C=O) groups is 1. The van der Waals surface area contributed by atoms with Gasteiger partial charge in [-0.3, -0.25) is 0 Å². The first kappa shape index (κ1) is 15.8. The lowest BCUT2D eigenvalue weighted by Crippen LogP contribution is -2.24. The van der Waals surface area contributed by atoms with E-state index in [1.54, 1.807) is 6.20 Å². The molecule has 2 rings (SSSR count). The van der Waals surface area contributed by atoms with Crippen LogP contribution in [0.3, 0.4) is 0 Å². The number of anilines is 1. The van der Waals surface area contributed by atoms with Gasteiger partial charge in [0.15, 0.2) is 0 Å². The van der Waals surface area contributed by atoms with Crippen LogP contribution in [-0.4, -0.2) is 6.03 Å². The number of benzene rings is 2. The molecule has 0 saturated carbocycles. The van der Waals surface area contributed by atoms with Crippen molar-refractivity contribution in [2.24, 2.45) is 0 Å². The zero-order valence-corrected chi connectivity index (χ0v) is 14.5. The lowest BCUT2D eigenvalue weighted by atomic mass is 10.2. The zero-order valence-electron chi connectivity index (χ0n) is 11.4. The van der Waals surface area contributed by atoms with E-state index in [1.165, 1.54) is 0 Å². The van der Waals surface area contributed by atoms with Crippen LogP contribution in [0.5, 0.6) is 0 Å². The number of halogens is 2. The number of rotatable bonds is 3. The Morgan fingerprint density at radius 1 is 1.14 bits per heavy atom. The molecule has 0 heterocycles. The third-order valence-electron chi connectivity index (χ3n) is 2.82. The lowest BCUT2D eigenvalue weighted by Gasteiger charge is -2.08. The van der Waals surface area contributed by atoms with E-state index < -0.39 is 0 Å². The van der Waals surface area contributed by atoms with Gasteiger partial charge in [0.1, 0.15) is 0 Å². The van der Waals surface area contributed by atoms with Crippen LogP contribution in [0.25, 0.3) is 6.08 Å². The Balaban J connectivity index is 1.95. The van der Waals surface area contributed by atoms with Crippen LogP contribution in [0.4, 0.5) is 10.5 Å². The minimum Gasteiger partial charge on any atom is -0.314 e. The molecule has 0 saturated heterocycles. The summed E-state index contributed by atoms with van der Waals surface area (Å²) < 4.78 is 1.96. The van der Waals surface area contributed by atoms with Crippen LogP contribution in [0.2, 0.25) is 0 Å². The molecule has 0 unspecified atom stereocenters. The van der Waals surface area contributed by atoms with Gasteiger partial charge in [-0.2, -0.15) is 0 Å². The van der Waals surface area contributed by atoms with Crippen molar-refractivity contribution in [2.45, 2.75) is 6.92 Å². The molecule has 21 heavy (non-hydrogen) atoms. The molecule has 0 aliphatic heterocycles. The highest BCUT2D eigenvalue weighted by atomic mass is 79.9. The normalized spacial score (nSPS) is 10.6. The van der Waals surface area contributed by atoms with Crippen LogP contribution in [0, 0.1) is 6.92 Å². The number of aryl methyl sites for hydroxylation is 1. The minimum absolute atomic E-state index is 0.274. The summed E-state index contributed by atoms with van der Waals surface area (Å²) in [5, 5.41) is 5.49. The summed E-state index contributed by atoms with van der Waals surface area (Å²) >= 11 is 6.84. The molecule has 0 aromatic heterocycles. The second-order valence-electron chi connectivity index (χ2n) is 4.41. The van der Waals surface area contributed by atoms with E-state index in [1.807, 2.05) is 55.5 Å². The topological polar surface area (TPSA) is 41.1 Å². The summed E-state index contributed by atoms with van der Waals surface area (Å²) in [4.78, 5) is 11.8. The van der Waals surface area contributed by atoms with Crippen LogP contribution < -0.4 is 10.6 Å². The van der Waals surface area contributed by atoms with Gasteiger partial charge in [-0.15, -0.1) is 0 Å². The molecule has 5 heteroatoms. The molecule has 3 nitrogen and oxygen atoms in total. The Kier molecular flexibility index (Phi) is 5.59. The van der Waals surface area contributed by atoms with Gasteiger partial charge in [0.2, 0.25) is 0 Å². The fourth-order valence-electron chi connectivity index (χ4n) is 1.74. The van der Waals surface area contributed by atoms with Gasteiger partial charge in [-0.05, 0) is 48.4 Å². The molecule has 108 valence electrons. The molecule has 0 aliphatic rings. The van der Waals surface area contributed by atoms with E-state index in [9.17, 15) is 4.79 Å². The van der Waals surface area contributed by atoms with Gasteiger partial charge in [0, 0.05) is 20.8 Å². The van der Waals surface area contributed by atoms with Crippen LogP contribution >= 0.6 is 31.9 Å². The maximum Gasteiger partial charge on any atom is 0.323 e. The Morgan fingerprint density at radius 3 is 2.62 bits per heavy atom. The van der Waals surface area contributed by atoms with Crippen LogP contribution in [0.1, 0.15) is 11.1 Å².